The van der Waals surface area contributed by atoms with E-state index < -0.39 is 0 Å². The molecule has 4 nitrogen and oxygen atoms in total. The van der Waals surface area contributed by atoms with Gasteiger partial charge in [-0.05, 0) is 17.9 Å². The summed E-state index contributed by atoms with van der Waals surface area (Å²) in [7, 11) is 0. The lowest BCUT2D eigenvalue weighted by Crippen LogP contribution is -2.26. The van der Waals surface area contributed by atoms with E-state index >= 15 is 0 Å². The van der Waals surface area contributed by atoms with Gasteiger partial charge in [-0.15, -0.1) is 0 Å². The van der Waals surface area contributed by atoms with Crippen LogP contribution in [0.4, 0.5) is 5.82 Å². The fourth-order valence-corrected chi connectivity index (χ4v) is 2.08. The van der Waals surface area contributed by atoms with Gasteiger partial charge in [0.05, 0.1) is 0 Å². The maximum atomic E-state index is 12.2. The van der Waals surface area contributed by atoms with Crippen LogP contribution in [0.25, 0.3) is 0 Å². The number of nitrogens with one attached hydrogen (secondary N) is 1. The molecule has 0 saturated heterocycles. The SMILES string of the molecule is CC(C)Cn1ccnc(NCCc2ccccc2)c1=O. The fourth-order valence-electron chi connectivity index (χ4n) is 2.08. The normalized spacial score (nSPS) is 10.8. The van der Waals surface area contributed by atoms with Gasteiger partial charge in [-0.1, -0.05) is 44.2 Å². The summed E-state index contributed by atoms with van der Waals surface area (Å²) in [6.45, 7) is 5.61. The van der Waals surface area contributed by atoms with Crippen LogP contribution in [0.1, 0.15) is 19.4 Å². The molecule has 0 aliphatic carbocycles. The van der Waals surface area contributed by atoms with E-state index in [1.54, 1.807) is 17.0 Å². The summed E-state index contributed by atoms with van der Waals surface area (Å²) in [5.74, 6) is 0.872. The maximum Gasteiger partial charge on any atom is 0.293 e. The molecule has 0 bridgehead atoms. The van der Waals surface area contributed by atoms with Gasteiger partial charge in [0.15, 0.2) is 5.82 Å². The molecule has 0 spiro atoms. The van der Waals surface area contributed by atoms with Crippen molar-refractivity contribution in [3.8, 4) is 0 Å². The first-order valence-corrected chi connectivity index (χ1v) is 7.00. The molecule has 1 heterocycles. The van der Waals surface area contributed by atoms with Crippen LogP contribution in [-0.4, -0.2) is 16.1 Å². The highest BCUT2D eigenvalue weighted by Gasteiger charge is 2.05. The molecule has 2 rings (SSSR count). The molecular weight excluding hydrogens is 250 g/mol. The lowest BCUT2D eigenvalue weighted by atomic mass is 10.1. The van der Waals surface area contributed by atoms with Crippen molar-refractivity contribution < 1.29 is 0 Å². The lowest BCUT2D eigenvalue weighted by molar-refractivity contribution is 0.509. The summed E-state index contributed by atoms with van der Waals surface area (Å²) in [6, 6.07) is 10.2. The second-order valence-electron chi connectivity index (χ2n) is 5.29. The minimum atomic E-state index is -0.0470. The van der Waals surface area contributed by atoms with Crippen LogP contribution in [-0.2, 0) is 13.0 Å². The fraction of sp³-hybridized carbons (Fsp3) is 0.375. The highest BCUT2D eigenvalue weighted by atomic mass is 16.1. The third-order valence-electron chi connectivity index (χ3n) is 3.02. The first-order chi connectivity index (χ1) is 9.66. The monoisotopic (exact) mass is 271 g/mol. The predicted molar refractivity (Wildman–Crippen MR) is 82.0 cm³/mol. The number of hydrogen-bond donors (Lipinski definition) is 1. The van der Waals surface area contributed by atoms with Crippen LogP contribution in [0.15, 0.2) is 47.5 Å². The van der Waals surface area contributed by atoms with Crippen molar-refractivity contribution in [2.24, 2.45) is 5.92 Å². The van der Waals surface area contributed by atoms with Gasteiger partial charge in [0.2, 0.25) is 0 Å². The summed E-state index contributed by atoms with van der Waals surface area (Å²) >= 11 is 0. The minimum Gasteiger partial charge on any atom is -0.365 e. The molecule has 0 radical (unpaired) electrons. The molecule has 106 valence electrons. The summed E-state index contributed by atoms with van der Waals surface area (Å²) in [5, 5.41) is 3.13. The maximum absolute atomic E-state index is 12.2. The number of nitrogens with zero attached hydrogens (tertiary/aromatic N) is 2. The van der Waals surface area contributed by atoms with E-state index in [4.69, 9.17) is 0 Å². The third kappa shape index (κ3) is 3.95. The molecule has 1 aromatic heterocycles. The van der Waals surface area contributed by atoms with Gasteiger partial charge in [0, 0.05) is 25.5 Å². The molecule has 1 N–H and O–H groups in total. The smallest absolute Gasteiger partial charge is 0.293 e. The number of rotatable bonds is 6. The van der Waals surface area contributed by atoms with E-state index in [0.29, 0.717) is 24.8 Å². The topological polar surface area (TPSA) is 46.9 Å². The molecule has 0 amide bonds. The summed E-state index contributed by atoms with van der Waals surface area (Å²) in [4.78, 5) is 16.3. The molecule has 0 aliphatic heterocycles. The van der Waals surface area contributed by atoms with E-state index in [0.717, 1.165) is 6.42 Å². The second kappa shape index (κ2) is 6.89. The first-order valence-electron chi connectivity index (χ1n) is 7.00. The van der Waals surface area contributed by atoms with E-state index in [9.17, 15) is 4.79 Å². The van der Waals surface area contributed by atoms with Crippen molar-refractivity contribution >= 4 is 5.82 Å². The number of anilines is 1. The highest BCUT2D eigenvalue weighted by molar-refractivity contribution is 5.31. The van der Waals surface area contributed by atoms with Crippen molar-refractivity contribution in [2.75, 3.05) is 11.9 Å². The molecule has 0 unspecified atom stereocenters. The molecule has 0 aliphatic rings. The van der Waals surface area contributed by atoms with Gasteiger partial charge >= 0.3 is 0 Å². The molecule has 4 heteroatoms. The van der Waals surface area contributed by atoms with Crippen molar-refractivity contribution in [2.45, 2.75) is 26.8 Å². The van der Waals surface area contributed by atoms with Gasteiger partial charge < -0.3 is 9.88 Å². The Morgan fingerprint density at radius 2 is 2.00 bits per heavy atom. The number of aromatic nitrogens is 2. The molecule has 0 fully saturated rings. The zero-order valence-corrected chi connectivity index (χ0v) is 12.0. The van der Waals surface area contributed by atoms with Crippen LogP contribution in [0.5, 0.6) is 0 Å². The van der Waals surface area contributed by atoms with Crippen LogP contribution in [0, 0.1) is 5.92 Å². The van der Waals surface area contributed by atoms with Crippen molar-refractivity contribution in [3.63, 3.8) is 0 Å². The molecule has 20 heavy (non-hydrogen) atoms. The van der Waals surface area contributed by atoms with Gasteiger partial charge in [-0.25, -0.2) is 4.98 Å². The van der Waals surface area contributed by atoms with E-state index in [1.807, 2.05) is 18.2 Å². The summed E-state index contributed by atoms with van der Waals surface area (Å²) < 4.78 is 1.71. The standard InChI is InChI=1S/C16H21N3O/c1-13(2)12-19-11-10-18-15(16(19)20)17-9-8-14-6-4-3-5-7-14/h3-7,10-11,13H,8-9,12H2,1-2H3,(H,17,18). The molecular formula is C16H21N3O. The minimum absolute atomic E-state index is 0.0470. The highest BCUT2D eigenvalue weighted by Crippen LogP contribution is 2.01. The number of benzene rings is 1. The van der Waals surface area contributed by atoms with Crippen molar-refractivity contribution in [1.29, 1.82) is 0 Å². The Labute approximate surface area is 119 Å². The average Bonchev–Trinajstić information content (AvgIpc) is 2.43. The Bertz CT molecular complexity index is 590. The zero-order valence-electron chi connectivity index (χ0n) is 12.0. The molecule has 0 atom stereocenters. The Kier molecular flexibility index (Phi) is 4.93. The molecule has 2 aromatic rings. The zero-order chi connectivity index (χ0) is 14.4. The van der Waals surface area contributed by atoms with Crippen molar-refractivity contribution in [1.82, 2.24) is 9.55 Å². The third-order valence-corrected chi connectivity index (χ3v) is 3.02. The number of hydrogen-bond acceptors (Lipinski definition) is 3. The van der Waals surface area contributed by atoms with Crippen LogP contribution >= 0.6 is 0 Å². The van der Waals surface area contributed by atoms with Gasteiger partial charge in [0.25, 0.3) is 5.56 Å². The lowest BCUT2D eigenvalue weighted by Gasteiger charge is -2.10. The van der Waals surface area contributed by atoms with E-state index in [-0.39, 0.29) is 5.56 Å². The Hall–Kier alpha value is -2.10. The Balaban J connectivity index is 1.98. The largest absolute Gasteiger partial charge is 0.365 e. The summed E-state index contributed by atoms with van der Waals surface area (Å²) in [6.07, 6.45) is 4.29. The quantitative estimate of drug-likeness (QED) is 0.878. The van der Waals surface area contributed by atoms with Crippen molar-refractivity contribution in [3.05, 3.63) is 58.6 Å². The van der Waals surface area contributed by atoms with E-state index in [2.05, 4.69) is 36.3 Å². The summed E-state index contributed by atoms with van der Waals surface area (Å²) in [5.41, 5.74) is 1.20. The average molecular weight is 271 g/mol. The van der Waals surface area contributed by atoms with Crippen LogP contribution < -0.4 is 10.9 Å². The van der Waals surface area contributed by atoms with Crippen LogP contribution in [0.2, 0.25) is 0 Å². The Morgan fingerprint density at radius 3 is 2.70 bits per heavy atom. The van der Waals surface area contributed by atoms with E-state index in [1.165, 1.54) is 5.56 Å². The van der Waals surface area contributed by atoms with Gasteiger partial charge in [-0.3, -0.25) is 4.79 Å². The molecule has 0 saturated carbocycles. The molecule has 1 aromatic carbocycles. The van der Waals surface area contributed by atoms with Gasteiger partial charge in [0.1, 0.15) is 0 Å². The second-order valence-corrected chi connectivity index (χ2v) is 5.29. The first kappa shape index (κ1) is 14.3. The van der Waals surface area contributed by atoms with Crippen LogP contribution in [0.3, 0.4) is 0 Å². The Morgan fingerprint density at radius 1 is 1.25 bits per heavy atom. The predicted octanol–water partition coefficient (Wildman–Crippen LogP) is 2.55. The van der Waals surface area contributed by atoms with Gasteiger partial charge in [-0.2, -0.15) is 0 Å².